The molecule has 0 aliphatic carbocycles. The first kappa shape index (κ1) is 49.5. The molecule has 0 bridgehead atoms. The van der Waals surface area contributed by atoms with Crippen LogP contribution in [0, 0.1) is 35.5 Å². The Hall–Kier alpha value is -0.490. The van der Waals surface area contributed by atoms with E-state index in [0.717, 1.165) is 48.3 Å². The van der Waals surface area contributed by atoms with E-state index in [1.54, 1.807) is 0 Å². The summed E-state index contributed by atoms with van der Waals surface area (Å²) in [5, 5.41) is 0. The lowest BCUT2D eigenvalue weighted by Gasteiger charge is -2.18. The van der Waals surface area contributed by atoms with E-state index < -0.39 is 13.9 Å². The van der Waals surface area contributed by atoms with Crippen molar-refractivity contribution in [2.45, 2.75) is 191 Å². The minimum Gasteiger partial charge on any atom is -0.375 e. The zero-order valence-corrected chi connectivity index (χ0v) is 35.6. The molecule has 0 fully saturated rings. The van der Waals surface area contributed by atoms with Crippen LogP contribution in [-0.4, -0.2) is 42.3 Å². The molecule has 0 aliphatic heterocycles. The zero-order valence-electron chi connectivity index (χ0n) is 34.7. The monoisotopic (exact) mass is 729 g/mol. The fraction of sp³-hybridized carbons (Fsp3) is 0.907. The first-order chi connectivity index (χ1) is 23.6. The standard InChI is InChI=1S/C43H85O6P/c1-35(2)17-11-19-37(5)21-13-23-39(7)25-15-27-41(9)29-31-47-33-43(34-49-50(44,45)46)48-32-30-42(10)28-16-26-40(8)24-14-22-38(6)20-12-18-36(3)4/h29-30,35-40,43H,11-28,31-34H2,1-10H3,(H2,44,45,46)/b41-29+,42-30+/t37-,38-,39-,40-,43-/m1/s1. The maximum Gasteiger partial charge on any atom is 0.469 e. The van der Waals surface area contributed by atoms with Gasteiger partial charge in [0, 0.05) is 0 Å². The summed E-state index contributed by atoms with van der Waals surface area (Å²) >= 11 is 0. The molecule has 0 heterocycles. The van der Waals surface area contributed by atoms with Gasteiger partial charge < -0.3 is 19.3 Å². The summed E-state index contributed by atoms with van der Waals surface area (Å²) in [6.07, 6.45) is 26.8. The van der Waals surface area contributed by atoms with Crippen molar-refractivity contribution >= 4 is 7.82 Å². The highest BCUT2D eigenvalue weighted by Gasteiger charge is 2.19. The fourth-order valence-electron chi connectivity index (χ4n) is 6.67. The number of rotatable bonds is 34. The summed E-state index contributed by atoms with van der Waals surface area (Å²) in [6.45, 7) is 24.0. The highest BCUT2D eigenvalue weighted by atomic mass is 31.2. The lowest BCUT2D eigenvalue weighted by Crippen LogP contribution is -2.25. The first-order valence-corrected chi connectivity index (χ1v) is 22.3. The Morgan fingerprint density at radius 1 is 0.540 bits per heavy atom. The second-order valence-electron chi connectivity index (χ2n) is 17.1. The molecule has 0 unspecified atom stereocenters. The van der Waals surface area contributed by atoms with Gasteiger partial charge in [0.15, 0.2) is 0 Å². The Bertz CT molecular complexity index is 894. The Labute approximate surface area is 311 Å². The molecule has 7 heteroatoms. The minimum atomic E-state index is -4.58. The van der Waals surface area contributed by atoms with E-state index in [2.05, 4.69) is 81.4 Å². The van der Waals surface area contributed by atoms with Crippen LogP contribution < -0.4 is 0 Å². The number of ether oxygens (including phenoxy) is 2. The lowest BCUT2D eigenvalue weighted by atomic mass is 9.91. The highest BCUT2D eigenvalue weighted by molar-refractivity contribution is 7.46. The van der Waals surface area contributed by atoms with Crippen LogP contribution in [-0.2, 0) is 18.6 Å². The van der Waals surface area contributed by atoms with Gasteiger partial charge in [-0.1, -0.05) is 169 Å². The molecule has 0 aromatic rings. The van der Waals surface area contributed by atoms with Crippen molar-refractivity contribution in [3.63, 3.8) is 0 Å². The maximum atomic E-state index is 11.3. The van der Waals surface area contributed by atoms with Crippen molar-refractivity contribution in [3.8, 4) is 0 Å². The number of phosphoric acid groups is 1. The molecule has 0 aliphatic rings. The third-order valence-corrected chi connectivity index (χ3v) is 10.8. The number of allylic oxidation sites excluding steroid dienone is 2. The van der Waals surface area contributed by atoms with E-state index in [1.807, 2.05) is 0 Å². The predicted molar refractivity (Wildman–Crippen MR) is 216 cm³/mol. The second kappa shape index (κ2) is 30.9. The van der Waals surface area contributed by atoms with E-state index >= 15 is 0 Å². The SMILES string of the molecule is C/C(=C\COC[C@H](COP(=O)(O)O)OC/C=C(\C)CCC[C@H](C)CCC[C@H](C)CCCC(C)C)CCC[C@H](C)CCC[C@H](C)CCCC(C)C. The third kappa shape index (κ3) is 34.6. The van der Waals surface area contributed by atoms with E-state index in [0.29, 0.717) is 13.2 Å². The summed E-state index contributed by atoms with van der Waals surface area (Å²) < 4.78 is 27.9. The van der Waals surface area contributed by atoms with Crippen molar-refractivity contribution in [1.29, 1.82) is 0 Å². The van der Waals surface area contributed by atoms with Crippen LogP contribution in [0.15, 0.2) is 23.3 Å². The molecular weight excluding hydrogens is 643 g/mol. The quantitative estimate of drug-likeness (QED) is 0.0390. The average molecular weight is 729 g/mol. The van der Waals surface area contributed by atoms with E-state index in [9.17, 15) is 14.4 Å². The molecule has 50 heavy (non-hydrogen) atoms. The third-order valence-electron chi connectivity index (χ3n) is 10.3. The largest absolute Gasteiger partial charge is 0.469 e. The molecule has 5 atom stereocenters. The normalized spacial score (nSPS) is 16.3. The zero-order chi connectivity index (χ0) is 37.8. The van der Waals surface area contributed by atoms with Gasteiger partial charge in [0.25, 0.3) is 0 Å². The molecule has 2 N–H and O–H groups in total. The molecule has 6 nitrogen and oxygen atoms in total. The summed E-state index contributed by atoms with van der Waals surface area (Å²) in [7, 11) is -4.58. The van der Waals surface area contributed by atoms with Gasteiger partial charge in [-0.2, -0.15) is 0 Å². The van der Waals surface area contributed by atoms with Crippen LogP contribution in [0.2, 0.25) is 0 Å². The Balaban J connectivity index is 4.32. The molecule has 0 rings (SSSR count). The minimum absolute atomic E-state index is 0.206. The molecule has 0 saturated heterocycles. The van der Waals surface area contributed by atoms with Gasteiger partial charge in [-0.25, -0.2) is 4.57 Å². The van der Waals surface area contributed by atoms with Crippen LogP contribution >= 0.6 is 7.82 Å². The lowest BCUT2D eigenvalue weighted by molar-refractivity contribution is -0.0267. The van der Waals surface area contributed by atoms with Gasteiger partial charge in [-0.15, -0.1) is 0 Å². The summed E-state index contributed by atoms with van der Waals surface area (Å²) in [5.41, 5.74) is 2.60. The topological polar surface area (TPSA) is 85.2 Å². The first-order valence-electron chi connectivity index (χ1n) is 20.8. The molecule has 0 aromatic carbocycles. The van der Waals surface area contributed by atoms with Crippen molar-refractivity contribution in [2.75, 3.05) is 26.4 Å². The van der Waals surface area contributed by atoms with Gasteiger partial charge in [0.1, 0.15) is 6.10 Å². The van der Waals surface area contributed by atoms with Crippen LogP contribution in [0.25, 0.3) is 0 Å². The van der Waals surface area contributed by atoms with Gasteiger partial charge in [-0.3, -0.25) is 4.52 Å². The molecule has 0 saturated carbocycles. The van der Waals surface area contributed by atoms with Crippen molar-refractivity contribution in [3.05, 3.63) is 23.3 Å². The summed E-state index contributed by atoms with van der Waals surface area (Å²) in [5.74, 6) is 4.85. The molecule has 0 radical (unpaired) electrons. The van der Waals surface area contributed by atoms with Gasteiger partial charge in [0.05, 0.1) is 26.4 Å². The predicted octanol–water partition coefficient (Wildman–Crippen LogP) is 13.3. The molecule has 0 spiro atoms. The van der Waals surface area contributed by atoms with Gasteiger partial charge >= 0.3 is 7.82 Å². The van der Waals surface area contributed by atoms with Crippen molar-refractivity contribution in [2.24, 2.45) is 35.5 Å². The van der Waals surface area contributed by atoms with Gasteiger partial charge in [0.2, 0.25) is 0 Å². The number of hydrogen-bond acceptors (Lipinski definition) is 4. The van der Waals surface area contributed by atoms with E-state index in [4.69, 9.17) is 14.0 Å². The molecule has 298 valence electrons. The summed E-state index contributed by atoms with van der Waals surface area (Å²) in [6, 6.07) is 0. The van der Waals surface area contributed by atoms with E-state index in [1.165, 1.54) is 114 Å². The Morgan fingerprint density at radius 2 is 0.900 bits per heavy atom. The molecule has 0 amide bonds. The van der Waals surface area contributed by atoms with Crippen molar-refractivity contribution < 1.29 is 28.3 Å². The van der Waals surface area contributed by atoms with Crippen molar-refractivity contribution in [1.82, 2.24) is 0 Å². The Kier molecular flexibility index (Phi) is 30.6. The molecule has 0 aromatic heterocycles. The highest BCUT2D eigenvalue weighted by Crippen LogP contribution is 2.36. The van der Waals surface area contributed by atoms with Gasteiger partial charge in [-0.05, 0) is 75.0 Å². The van der Waals surface area contributed by atoms with E-state index in [-0.39, 0.29) is 13.2 Å². The average Bonchev–Trinajstić information content (AvgIpc) is 3.00. The van der Waals surface area contributed by atoms with Crippen LogP contribution in [0.4, 0.5) is 0 Å². The Morgan fingerprint density at radius 3 is 1.28 bits per heavy atom. The summed E-state index contributed by atoms with van der Waals surface area (Å²) in [4.78, 5) is 18.4. The smallest absolute Gasteiger partial charge is 0.375 e. The number of hydrogen-bond donors (Lipinski definition) is 2. The molecular formula is C43H85O6P. The van der Waals surface area contributed by atoms with Crippen LogP contribution in [0.1, 0.15) is 185 Å². The number of phosphoric ester groups is 1. The van der Waals surface area contributed by atoms with Crippen LogP contribution in [0.3, 0.4) is 0 Å². The fourth-order valence-corrected chi connectivity index (χ4v) is 7.03. The van der Waals surface area contributed by atoms with Crippen LogP contribution in [0.5, 0.6) is 0 Å². The second-order valence-corrected chi connectivity index (χ2v) is 18.3. The maximum absolute atomic E-state index is 11.3.